The van der Waals surface area contributed by atoms with Crippen LogP contribution in [0, 0.1) is 17.8 Å². The van der Waals surface area contributed by atoms with Gasteiger partial charge in [-0.05, 0) is 60.7 Å². The Balaban J connectivity index is 1.14. The van der Waals surface area contributed by atoms with Crippen LogP contribution in [0.4, 0.5) is 0 Å². The number of nitrogens with two attached hydrogens (primary N) is 1. The highest BCUT2D eigenvalue weighted by atomic mass is 32.1. The summed E-state index contributed by atoms with van der Waals surface area (Å²) in [6.45, 7) is 8.31. The minimum absolute atomic E-state index is 0.00974. The molecule has 1 spiro atoms. The Bertz CT molecular complexity index is 2580. The molecule has 0 saturated carbocycles. The number of amides is 4. The molecule has 23 nitrogen and oxygen atoms in total. The first-order chi connectivity index (χ1) is 36.4. The average Bonchev–Trinajstić information content (AvgIpc) is 3.66. The Morgan fingerprint density at radius 1 is 0.750 bits per heavy atom. The predicted octanol–water partition coefficient (Wildman–Crippen LogP) is 2.42. The molecule has 410 valence electrons. The molecule has 0 unspecified atom stereocenters. The number of benzene rings is 3. The molecule has 0 aliphatic carbocycles. The first-order valence-corrected chi connectivity index (χ1v) is 25.7. The van der Waals surface area contributed by atoms with E-state index in [2.05, 4.69) is 47.2 Å². The van der Waals surface area contributed by atoms with Gasteiger partial charge in [-0.1, -0.05) is 43.3 Å². The van der Waals surface area contributed by atoms with E-state index in [1.807, 2.05) is 19.9 Å². The lowest BCUT2D eigenvalue weighted by atomic mass is 9.77. The molecular weight excluding hydrogens is 1000 g/mol. The molecule has 3 aromatic rings. The summed E-state index contributed by atoms with van der Waals surface area (Å²) in [5.41, 5.74) is 15.3. The number of azide groups is 1. The second-order valence-corrected chi connectivity index (χ2v) is 19.3. The quantitative estimate of drug-likeness (QED) is 0.0105. The summed E-state index contributed by atoms with van der Waals surface area (Å²) in [5.74, 6) is -5.20. The number of phenols is 2. The van der Waals surface area contributed by atoms with Gasteiger partial charge < -0.3 is 72.2 Å². The molecule has 0 saturated heterocycles. The monoisotopic (exact) mass is 1070 g/mol. The van der Waals surface area contributed by atoms with E-state index in [9.17, 15) is 43.8 Å². The van der Waals surface area contributed by atoms with Crippen molar-refractivity contribution >= 4 is 58.4 Å². The van der Waals surface area contributed by atoms with Crippen LogP contribution in [-0.2, 0) is 50.3 Å². The van der Waals surface area contributed by atoms with Crippen LogP contribution in [-0.4, -0.2) is 141 Å². The highest BCUT2D eigenvalue weighted by Gasteiger charge is 2.53. The van der Waals surface area contributed by atoms with E-state index in [-0.39, 0.29) is 80.5 Å². The number of thiocarbonyl (C=S) groups is 1. The Labute approximate surface area is 446 Å². The Hall–Kier alpha value is -7.21. The summed E-state index contributed by atoms with van der Waals surface area (Å²) in [6.07, 6.45) is -0.765. The number of ether oxygens (including phenoxy) is 3. The van der Waals surface area contributed by atoms with Gasteiger partial charge in [0.15, 0.2) is 11.4 Å². The van der Waals surface area contributed by atoms with E-state index in [1.54, 1.807) is 24.3 Å². The number of aromatic hydroxyl groups is 2. The molecule has 0 bridgehead atoms. The van der Waals surface area contributed by atoms with E-state index in [0.717, 1.165) is 5.56 Å². The first kappa shape index (κ1) is 59.7. The Morgan fingerprint density at radius 3 is 1.99 bits per heavy atom. The Morgan fingerprint density at radius 2 is 1.37 bits per heavy atom. The minimum Gasteiger partial charge on any atom is -0.508 e. The third-order valence-corrected chi connectivity index (χ3v) is 12.6. The number of hydrogen-bond donors (Lipinski definition) is 10. The lowest BCUT2D eigenvalue weighted by molar-refractivity contribution is -0.136. The van der Waals surface area contributed by atoms with Crippen LogP contribution in [0.3, 0.4) is 0 Å². The third-order valence-electron chi connectivity index (χ3n) is 12.3. The van der Waals surface area contributed by atoms with Crippen molar-refractivity contribution in [2.75, 3.05) is 78.7 Å². The molecule has 76 heavy (non-hydrogen) atoms. The maximum absolute atomic E-state index is 14.1. The third kappa shape index (κ3) is 17.4. The van der Waals surface area contributed by atoms with Gasteiger partial charge in [-0.3, -0.25) is 24.0 Å². The van der Waals surface area contributed by atoms with Gasteiger partial charge in [-0.2, -0.15) is 0 Å². The number of ketones is 2. The van der Waals surface area contributed by atoms with Gasteiger partial charge >= 0.3 is 5.97 Å². The van der Waals surface area contributed by atoms with E-state index in [0.29, 0.717) is 79.4 Å². The summed E-state index contributed by atoms with van der Waals surface area (Å²) in [6, 6.07) is 13.1. The van der Waals surface area contributed by atoms with Gasteiger partial charge in [-0.25, -0.2) is 4.79 Å². The maximum Gasteiger partial charge on any atom is 0.340 e. The van der Waals surface area contributed by atoms with Gasteiger partial charge in [0.1, 0.15) is 28.8 Å². The molecule has 2 heterocycles. The van der Waals surface area contributed by atoms with Crippen molar-refractivity contribution in [3.63, 3.8) is 0 Å². The summed E-state index contributed by atoms with van der Waals surface area (Å²) >= 11 is 5.63. The number of phenolic OH excluding ortho intramolecular Hbond substituents is 2. The van der Waals surface area contributed by atoms with Crippen molar-refractivity contribution in [1.82, 2.24) is 37.2 Å². The number of nitrogens with zero attached hydrogens (tertiary/aromatic N) is 3. The molecule has 5 rings (SSSR count). The van der Waals surface area contributed by atoms with Crippen molar-refractivity contribution < 1.29 is 58.0 Å². The van der Waals surface area contributed by atoms with Crippen LogP contribution in [0.2, 0.25) is 0 Å². The fourth-order valence-electron chi connectivity index (χ4n) is 8.91. The van der Waals surface area contributed by atoms with Gasteiger partial charge in [0.25, 0.3) is 0 Å². The molecule has 11 N–H and O–H groups in total. The van der Waals surface area contributed by atoms with Crippen molar-refractivity contribution in [2.24, 2.45) is 28.6 Å². The van der Waals surface area contributed by atoms with Crippen molar-refractivity contribution in [2.45, 2.75) is 70.9 Å². The summed E-state index contributed by atoms with van der Waals surface area (Å²) in [5, 5.41) is 44.1. The van der Waals surface area contributed by atoms with Gasteiger partial charge in [0.05, 0.1) is 42.1 Å². The molecule has 0 fully saturated rings. The van der Waals surface area contributed by atoms with Crippen molar-refractivity contribution in [3.05, 3.63) is 92.9 Å². The van der Waals surface area contributed by atoms with Gasteiger partial charge in [0.2, 0.25) is 23.6 Å². The van der Waals surface area contributed by atoms with E-state index in [4.69, 9.17) is 37.7 Å². The van der Waals surface area contributed by atoms with Crippen LogP contribution in [0.25, 0.3) is 10.4 Å². The number of nitrogens with one attached hydrogen (secondary N) is 7. The van der Waals surface area contributed by atoms with Crippen LogP contribution in [0.5, 0.6) is 23.0 Å². The first-order valence-electron chi connectivity index (χ1n) is 25.3. The zero-order valence-corrected chi connectivity index (χ0v) is 43.9. The number of carbonyl (C=O) groups excluding carboxylic acids is 7. The molecule has 0 aromatic heterocycles. The Kier molecular flexibility index (Phi) is 23.4. The zero-order valence-electron chi connectivity index (χ0n) is 43.0. The molecule has 0 radical (unpaired) electrons. The number of carbonyl (C=O) groups is 7. The number of fused-ring (bicyclic) bond motifs is 6. The highest BCUT2D eigenvalue weighted by molar-refractivity contribution is 7.80. The normalized spacial score (nSPS) is 13.8. The predicted molar refractivity (Wildman–Crippen MR) is 284 cm³/mol. The highest BCUT2D eigenvalue weighted by Crippen LogP contribution is 2.57. The lowest BCUT2D eigenvalue weighted by Crippen LogP contribution is -2.48. The second kappa shape index (κ2) is 29.8. The largest absolute Gasteiger partial charge is 0.508 e. The number of esters is 1. The van der Waals surface area contributed by atoms with E-state index in [1.165, 1.54) is 31.2 Å². The molecule has 3 atom stereocenters. The summed E-state index contributed by atoms with van der Waals surface area (Å²) < 4.78 is 17.6. The van der Waals surface area contributed by atoms with Crippen LogP contribution in [0.15, 0.2) is 59.7 Å². The molecular formula is C52H69N11O12S. The average molecular weight is 1070 g/mol. The van der Waals surface area contributed by atoms with Crippen molar-refractivity contribution in [1.29, 1.82) is 0 Å². The van der Waals surface area contributed by atoms with Crippen molar-refractivity contribution in [3.8, 4) is 23.0 Å². The van der Waals surface area contributed by atoms with Crippen LogP contribution < -0.4 is 47.7 Å². The summed E-state index contributed by atoms with van der Waals surface area (Å²) in [7, 11) is 0. The number of Topliss-reactive ketones (excluding diaryl/α,β-unsaturated/α-hetero) is 2. The lowest BCUT2D eigenvalue weighted by Gasteiger charge is -2.36. The number of rotatable bonds is 33. The maximum atomic E-state index is 14.1. The summed E-state index contributed by atoms with van der Waals surface area (Å²) in [4.78, 5) is 96.5. The van der Waals surface area contributed by atoms with Gasteiger partial charge in [0, 0.05) is 131 Å². The van der Waals surface area contributed by atoms with E-state index >= 15 is 0 Å². The molecule has 2 aliphatic heterocycles. The van der Waals surface area contributed by atoms with E-state index < -0.39 is 78.1 Å². The standard InChI is InChI=1S/C52H69N11O12S/c1-31(2)22-34(23-32(3)64)50(71)62-42(30-47(69)58-15-12-55-11-10-53)43(67)26-35(49(70)60-18-20-73-21-19-61-63-54)27-46(68)57-16-13-56-14-17-59-48(76)25-33-4-7-39-38(24-33)51(72)75-52(39)40-8-5-36(65)28-44(40)74-45-29-37(66)6-9-41(45)52/h4-9,24,28-29,31,34-35,42,55-56,65-66H,10-23,25-27,30,53H2,1-3H3,(H,57,68)(H,58,69)(H,59,76)(H,60,70)(H,62,71)/t34-,35+,42-/m1/s1. The molecule has 4 amide bonds. The fraction of sp³-hybridized carbons (Fsp3) is 0.500. The molecule has 2 aliphatic rings. The topological polar surface area (TPSA) is 347 Å². The van der Waals surface area contributed by atoms with Crippen LogP contribution in [0.1, 0.15) is 85.5 Å². The smallest absolute Gasteiger partial charge is 0.340 e. The minimum atomic E-state index is -1.38. The van der Waals surface area contributed by atoms with Gasteiger partial charge in [-0.15, -0.1) is 0 Å². The SMILES string of the molecule is CC(=O)C[C@@H](CC(C)C)C(=O)N[C@H](CC(=O)NCCNCCN)C(=O)C[C@@H](CC(=O)NCCNCCNC(=S)Cc1ccc2c(c1)C(=O)OC21c2ccc(O)cc2Oc2cc(O)ccc21)C(=O)NCCOCCN=[N+]=[N-]. The number of hydrogen-bond acceptors (Lipinski definition) is 17. The zero-order chi connectivity index (χ0) is 55.2. The second-order valence-electron chi connectivity index (χ2n) is 18.9. The fourth-order valence-corrected chi connectivity index (χ4v) is 9.18. The molecule has 24 heteroatoms. The molecule has 3 aromatic carbocycles. The van der Waals surface area contributed by atoms with Crippen LogP contribution >= 0.6 is 12.2 Å².